The quantitative estimate of drug-likeness (QED) is 0.110. The van der Waals surface area contributed by atoms with Crippen LogP contribution >= 0.6 is 0 Å². The molecular formula is C43H40N4Si. The van der Waals surface area contributed by atoms with E-state index in [1.807, 2.05) is 66.9 Å². The highest BCUT2D eigenvalue weighted by atomic mass is 28.3. The van der Waals surface area contributed by atoms with Crippen molar-refractivity contribution >= 4 is 26.3 Å². The molecule has 4 nitrogen and oxygen atoms in total. The van der Waals surface area contributed by atoms with Crippen LogP contribution < -0.4 is 0 Å². The fourth-order valence-electron chi connectivity index (χ4n) is 4.13. The third-order valence-electron chi connectivity index (χ3n) is 6.71. The van der Waals surface area contributed by atoms with Gasteiger partial charge < -0.3 is 0 Å². The van der Waals surface area contributed by atoms with Gasteiger partial charge in [0, 0.05) is 52.7 Å². The molecule has 48 heavy (non-hydrogen) atoms. The van der Waals surface area contributed by atoms with Crippen LogP contribution in [0.25, 0.3) is 18.2 Å². The molecule has 4 aromatic heterocycles. The summed E-state index contributed by atoms with van der Waals surface area (Å²) in [7, 11) is -1.40. The Hall–Kier alpha value is -5.72. The summed E-state index contributed by atoms with van der Waals surface area (Å²) in [5.74, 6) is 21.7. The molecule has 0 saturated heterocycles. The van der Waals surface area contributed by atoms with E-state index in [9.17, 15) is 0 Å². The molecule has 0 aliphatic rings. The minimum Gasteiger partial charge on any atom is -0.260 e. The van der Waals surface area contributed by atoms with Crippen molar-refractivity contribution < 1.29 is 0 Å². The lowest BCUT2D eigenvalue weighted by Crippen LogP contribution is -2.16. The van der Waals surface area contributed by atoms with Gasteiger partial charge in [0.2, 0.25) is 0 Å². The minimum absolute atomic E-state index is 0.806. The lowest BCUT2D eigenvalue weighted by molar-refractivity contribution is 0.660. The monoisotopic (exact) mass is 640 g/mol. The highest BCUT2D eigenvalue weighted by Crippen LogP contribution is 2.08. The molecule has 0 spiro atoms. The summed E-state index contributed by atoms with van der Waals surface area (Å²) in [6, 6.07) is 15.8. The van der Waals surface area contributed by atoms with E-state index < -0.39 is 8.07 Å². The van der Waals surface area contributed by atoms with E-state index in [2.05, 4.69) is 99.6 Å². The van der Waals surface area contributed by atoms with Crippen LogP contribution in [-0.2, 0) is 6.42 Å². The smallest absolute Gasteiger partial charge is 0.129 e. The fraction of sp³-hybridized carbons (Fsp3) is 0.209. The van der Waals surface area contributed by atoms with E-state index in [-0.39, 0.29) is 0 Å². The normalized spacial score (nSPS) is 10.8. The Morgan fingerprint density at radius 2 is 0.958 bits per heavy atom. The number of unbranched alkanes of at least 4 members (excludes halogenated alkanes) is 3. The Labute approximate surface area is 287 Å². The molecule has 0 amide bonds. The van der Waals surface area contributed by atoms with Crippen LogP contribution in [0.5, 0.6) is 0 Å². The maximum absolute atomic E-state index is 4.53. The van der Waals surface area contributed by atoms with Gasteiger partial charge in [-0.1, -0.05) is 87.3 Å². The second kappa shape index (κ2) is 19.1. The average Bonchev–Trinajstić information content (AvgIpc) is 3.10. The van der Waals surface area contributed by atoms with Gasteiger partial charge in [0.25, 0.3) is 0 Å². The lowest BCUT2D eigenvalue weighted by Gasteiger charge is -2.03. The van der Waals surface area contributed by atoms with Crippen molar-refractivity contribution in [2.75, 3.05) is 0 Å². The molecule has 0 aliphatic carbocycles. The van der Waals surface area contributed by atoms with Crippen LogP contribution in [-0.4, -0.2) is 28.0 Å². The molecule has 236 valence electrons. The largest absolute Gasteiger partial charge is 0.260 e. The summed E-state index contributed by atoms with van der Waals surface area (Å²) in [5, 5.41) is 0. The van der Waals surface area contributed by atoms with Crippen molar-refractivity contribution in [3.63, 3.8) is 0 Å². The first-order chi connectivity index (χ1) is 23.4. The predicted octanol–water partition coefficient (Wildman–Crippen LogP) is 8.81. The second-order valence-electron chi connectivity index (χ2n) is 12.1. The number of hydrogen-bond acceptors (Lipinski definition) is 4. The number of aromatic nitrogens is 4. The number of rotatable bonds is 8. The number of aryl methyl sites for hydroxylation is 1. The van der Waals surface area contributed by atoms with Gasteiger partial charge in [-0.15, -0.1) is 5.54 Å². The van der Waals surface area contributed by atoms with Gasteiger partial charge in [0.1, 0.15) is 8.07 Å². The maximum atomic E-state index is 4.53. The number of nitrogens with zero attached hydrogens (tertiary/aromatic N) is 4. The van der Waals surface area contributed by atoms with Gasteiger partial charge in [0.05, 0.1) is 17.1 Å². The van der Waals surface area contributed by atoms with Crippen LogP contribution in [0.3, 0.4) is 0 Å². The van der Waals surface area contributed by atoms with E-state index in [1.165, 1.54) is 25.7 Å². The van der Waals surface area contributed by atoms with Crippen molar-refractivity contribution in [3.05, 3.63) is 137 Å². The van der Waals surface area contributed by atoms with Crippen molar-refractivity contribution in [3.8, 4) is 47.0 Å². The first-order valence-corrected chi connectivity index (χ1v) is 19.8. The molecule has 0 aliphatic heterocycles. The van der Waals surface area contributed by atoms with Crippen molar-refractivity contribution in [1.82, 2.24) is 19.9 Å². The molecule has 5 heteroatoms. The van der Waals surface area contributed by atoms with E-state index in [1.54, 1.807) is 36.8 Å². The highest BCUT2D eigenvalue weighted by molar-refractivity contribution is 6.83. The molecule has 0 N–H and O–H groups in total. The van der Waals surface area contributed by atoms with Crippen molar-refractivity contribution in [1.29, 1.82) is 0 Å². The van der Waals surface area contributed by atoms with Crippen molar-refractivity contribution in [2.45, 2.75) is 58.7 Å². The first kappa shape index (κ1) is 35.1. The van der Waals surface area contributed by atoms with E-state index in [0.29, 0.717) is 0 Å². The van der Waals surface area contributed by atoms with Gasteiger partial charge in [-0.25, -0.2) is 0 Å². The third-order valence-corrected chi connectivity index (χ3v) is 7.59. The topological polar surface area (TPSA) is 51.6 Å². The Bertz CT molecular complexity index is 1970. The maximum Gasteiger partial charge on any atom is 0.129 e. The Morgan fingerprint density at radius 1 is 0.521 bits per heavy atom. The molecule has 4 rings (SSSR count). The average molecular weight is 641 g/mol. The minimum atomic E-state index is -1.40. The summed E-state index contributed by atoms with van der Waals surface area (Å²) in [5.41, 5.74) is 10.5. The number of allylic oxidation sites excluding steroid dienone is 3. The zero-order chi connectivity index (χ0) is 33.9. The molecule has 0 bridgehead atoms. The Morgan fingerprint density at radius 3 is 1.33 bits per heavy atom. The zero-order valence-corrected chi connectivity index (χ0v) is 29.2. The molecule has 0 unspecified atom stereocenters. The van der Waals surface area contributed by atoms with Crippen LogP contribution in [0, 0.1) is 47.0 Å². The molecule has 4 heterocycles. The van der Waals surface area contributed by atoms with Gasteiger partial charge in [-0.05, 0) is 97.8 Å². The molecule has 0 atom stereocenters. The van der Waals surface area contributed by atoms with Crippen LogP contribution in [0.15, 0.2) is 91.5 Å². The Kier molecular flexibility index (Phi) is 13.9. The summed E-state index contributed by atoms with van der Waals surface area (Å²) in [6.45, 7) is 8.90. The highest BCUT2D eigenvalue weighted by Gasteiger charge is 2.07. The molecule has 0 aromatic carbocycles. The fourth-order valence-corrected chi connectivity index (χ4v) is 4.65. The zero-order valence-electron chi connectivity index (χ0n) is 28.2. The summed E-state index contributed by atoms with van der Waals surface area (Å²) < 4.78 is 0. The molecule has 0 fully saturated rings. The summed E-state index contributed by atoms with van der Waals surface area (Å²) in [4.78, 5) is 17.9. The van der Waals surface area contributed by atoms with Gasteiger partial charge in [-0.3, -0.25) is 19.9 Å². The van der Waals surface area contributed by atoms with E-state index >= 15 is 0 Å². The molecule has 4 aromatic rings. The summed E-state index contributed by atoms with van der Waals surface area (Å²) in [6.07, 6.45) is 24.2. The number of pyridine rings is 4. The van der Waals surface area contributed by atoms with Crippen LogP contribution in [0.1, 0.15) is 77.6 Å². The van der Waals surface area contributed by atoms with Crippen LogP contribution in [0.2, 0.25) is 19.6 Å². The van der Waals surface area contributed by atoms with Gasteiger partial charge in [-0.2, -0.15) is 0 Å². The first-order valence-electron chi connectivity index (χ1n) is 16.3. The Balaban J connectivity index is 1.21. The van der Waals surface area contributed by atoms with E-state index in [4.69, 9.17) is 0 Å². The lowest BCUT2D eigenvalue weighted by atomic mass is 10.1. The predicted molar refractivity (Wildman–Crippen MR) is 203 cm³/mol. The second-order valence-corrected chi connectivity index (χ2v) is 16.8. The molecular weight excluding hydrogens is 601 g/mol. The van der Waals surface area contributed by atoms with Crippen molar-refractivity contribution in [2.24, 2.45) is 0 Å². The van der Waals surface area contributed by atoms with E-state index in [0.717, 1.165) is 51.5 Å². The summed E-state index contributed by atoms with van der Waals surface area (Å²) >= 11 is 0. The third kappa shape index (κ3) is 13.7. The SMILES string of the molecule is CCCCCCc1ccc(C#CC=Cc2ccc(C#CC=Cc3ccc(C#CC=Cc4ccc(C#C[Si](C)(C)C)cn4)cn3)cn2)cn1. The number of hydrogen-bond donors (Lipinski definition) is 0. The van der Waals surface area contributed by atoms with Gasteiger partial charge in [0.15, 0.2) is 0 Å². The molecule has 0 radical (unpaired) electrons. The molecule has 0 saturated carbocycles. The van der Waals surface area contributed by atoms with Gasteiger partial charge >= 0.3 is 0 Å². The van der Waals surface area contributed by atoms with Crippen LogP contribution in [0.4, 0.5) is 0 Å². The standard InChI is InChI=1S/C43H40N4Si/c1-5-6-7-8-18-40-26-22-36(32-44-40)15-9-12-19-41-27-23-37(33-45-41)16-10-13-20-42-28-24-38(34-46-42)17-11-14-21-43-29-25-39(35-47-43)30-31-48(2,3)4/h12-14,19-29,32-35H,5-8,18H2,1-4H3.